The first kappa shape index (κ1) is 21.4. The summed E-state index contributed by atoms with van der Waals surface area (Å²) in [6.45, 7) is -0.458. The molecule has 3 rings (SSSR count). The average Bonchev–Trinajstić information content (AvgIpc) is 3.00. The van der Waals surface area contributed by atoms with Gasteiger partial charge in [0, 0.05) is 5.56 Å². The van der Waals surface area contributed by atoms with Gasteiger partial charge in [0.1, 0.15) is 19.0 Å². The van der Waals surface area contributed by atoms with Gasteiger partial charge in [0.05, 0.1) is 19.1 Å². The normalized spacial score (nSPS) is 14.9. The maximum absolute atomic E-state index is 13.8. The summed E-state index contributed by atoms with van der Waals surface area (Å²) in [6, 6.07) is 11.2. The number of esters is 1. The molecule has 1 saturated heterocycles. The van der Waals surface area contributed by atoms with Crippen molar-refractivity contribution in [3.8, 4) is 11.5 Å². The number of carbonyl (C=O) groups is 3. The smallest absolute Gasteiger partial charge is 0.325 e. The predicted octanol–water partition coefficient (Wildman–Crippen LogP) is 3.62. The van der Waals surface area contributed by atoms with Crippen LogP contribution in [0.2, 0.25) is 0 Å². The second-order valence-corrected chi connectivity index (χ2v) is 7.13. The van der Waals surface area contributed by atoms with E-state index < -0.39 is 23.7 Å². The summed E-state index contributed by atoms with van der Waals surface area (Å²) in [4.78, 5) is 36.9. The molecule has 7 nitrogen and oxygen atoms in total. The largest absolute Gasteiger partial charge is 0.493 e. The van der Waals surface area contributed by atoms with Crippen LogP contribution in [0.4, 0.5) is 9.18 Å². The van der Waals surface area contributed by atoms with Gasteiger partial charge in [-0.1, -0.05) is 24.3 Å². The molecule has 0 bridgehead atoms. The molecule has 2 aromatic carbocycles. The predicted molar refractivity (Wildman–Crippen MR) is 108 cm³/mol. The zero-order valence-electron chi connectivity index (χ0n) is 16.2. The van der Waals surface area contributed by atoms with Gasteiger partial charge < -0.3 is 14.2 Å². The maximum atomic E-state index is 13.8. The van der Waals surface area contributed by atoms with E-state index in [2.05, 4.69) is 4.74 Å². The minimum atomic E-state index is -0.688. The first-order chi connectivity index (χ1) is 14.4. The number of benzene rings is 2. The van der Waals surface area contributed by atoms with Crippen LogP contribution in [0, 0.1) is 5.82 Å². The fraction of sp³-hybridized carbons (Fsp3) is 0.190. The zero-order valence-corrected chi connectivity index (χ0v) is 17.0. The number of hydrogen-bond acceptors (Lipinski definition) is 7. The summed E-state index contributed by atoms with van der Waals surface area (Å²) in [5.41, 5.74) is 0.955. The molecule has 156 valence electrons. The number of carbonyl (C=O) groups excluding carboxylic acids is 3. The minimum absolute atomic E-state index is 0.0118. The number of thioether (sulfide) groups is 1. The third kappa shape index (κ3) is 4.80. The number of amides is 2. The van der Waals surface area contributed by atoms with Gasteiger partial charge in [-0.2, -0.15) is 0 Å². The number of halogens is 1. The van der Waals surface area contributed by atoms with Crippen molar-refractivity contribution in [1.29, 1.82) is 0 Å². The van der Waals surface area contributed by atoms with Gasteiger partial charge in [-0.15, -0.1) is 0 Å². The number of rotatable bonds is 7. The molecule has 0 aromatic heterocycles. The van der Waals surface area contributed by atoms with Crippen LogP contribution >= 0.6 is 11.8 Å². The molecular formula is C21H18FNO6S. The van der Waals surface area contributed by atoms with Crippen LogP contribution in [0.25, 0.3) is 6.08 Å². The van der Waals surface area contributed by atoms with Crippen molar-refractivity contribution < 1.29 is 33.0 Å². The number of ether oxygens (including phenoxy) is 3. The van der Waals surface area contributed by atoms with Crippen molar-refractivity contribution in [2.75, 3.05) is 20.8 Å². The molecule has 0 saturated carbocycles. The van der Waals surface area contributed by atoms with Crippen LogP contribution in [0.1, 0.15) is 11.1 Å². The van der Waals surface area contributed by atoms with Gasteiger partial charge >= 0.3 is 5.97 Å². The first-order valence-electron chi connectivity index (χ1n) is 8.79. The van der Waals surface area contributed by atoms with Crippen molar-refractivity contribution in [2.45, 2.75) is 6.61 Å². The van der Waals surface area contributed by atoms with E-state index in [-0.39, 0.29) is 17.3 Å². The Kier molecular flexibility index (Phi) is 6.73. The van der Waals surface area contributed by atoms with Crippen LogP contribution in [0.3, 0.4) is 0 Å². The Labute approximate surface area is 176 Å². The summed E-state index contributed by atoms with van der Waals surface area (Å²) in [7, 11) is 2.65. The SMILES string of the molecule is COC(=O)CN1C(=O)S/C(=C\c2ccc(OC)c(OCc3ccccc3F)c2)C1=O. The Bertz CT molecular complexity index is 1020. The van der Waals surface area contributed by atoms with Crippen molar-refractivity contribution in [2.24, 2.45) is 0 Å². The van der Waals surface area contributed by atoms with E-state index in [1.165, 1.54) is 26.4 Å². The first-order valence-corrected chi connectivity index (χ1v) is 9.61. The van der Waals surface area contributed by atoms with E-state index in [1.807, 2.05) is 0 Å². The topological polar surface area (TPSA) is 82.1 Å². The van der Waals surface area contributed by atoms with E-state index in [0.717, 1.165) is 16.7 Å². The van der Waals surface area contributed by atoms with Crippen molar-refractivity contribution in [1.82, 2.24) is 4.90 Å². The lowest BCUT2D eigenvalue weighted by molar-refractivity contribution is -0.143. The molecule has 1 heterocycles. The number of hydrogen-bond donors (Lipinski definition) is 0. The van der Waals surface area contributed by atoms with Crippen LogP contribution in [0.5, 0.6) is 11.5 Å². The quantitative estimate of drug-likeness (QED) is 0.489. The highest BCUT2D eigenvalue weighted by Crippen LogP contribution is 2.34. The molecule has 1 aliphatic rings. The van der Waals surface area contributed by atoms with Crippen LogP contribution < -0.4 is 9.47 Å². The number of methoxy groups -OCH3 is 2. The molecule has 0 unspecified atom stereocenters. The van der Waals surface area contributed by atoms with Gasteiger partial charge in [0.15, 0.2) is 11.5 Å². The van der Waals surface area contributed by atoms with Gasteiger partial charge in [-0.25, -0.2) is 4.39 Å². The molecule has 30 heavy (non-hydrogen) atoms. The summed E-state index contributed by atoms with van der Waals surface area (Å²) < 4.78 is 29.3. The summed E-state index contributed by atoms with van der Waals surface area (Å²) in [5, 5.41) is -0.554. The Hall–Kier alpha value is -3.33. The van der Waals surface area contributed by atoms with E-state index in [1.54, 1.807) is 36.4 Å². The molecule has 1 fully saturated rings. The summed E-state index contributed by atoms with van der Waals surface area (Å²) in [5.74, 6) is -0.871. The highest BCUT2D eigenvalue weighted by Gasteiger charge is 2.36. The van der Waals surface area contributed by atoms with E-state index in [0.29, 0.717) is 22.6 Å². The number of imide groups is 1. The van der Waals surface area contributed by atoms with E-state index >= 15 is 0 Å². The van der Waals surface area contributed by atoms with Gasteiger partial charge in [-0.3, -0.25) is 19.3 Å². The molecular weight excluding hydrogens is 413 g/mol. The van der Waals surface area contributed by atoms with E-state index in [4.69, 9.17) is 9.47 Å². The molecule has 1 aliphatic heterocycles. The van der Waals surface area contributed by atoms with Crippen molar-refractivity contribution in [3.05, 3.63) is 64.3 Å². The van der Waals surface area contributed by atoms with Gasteiger partial charge in [0.2, 0.25) is 0 Å². The Morgan fingerprint density at radius 1 is 1.13 bits per heavy atom. The Morgan fingerprint density at radius 3 is 2.60 bits per heavy atom. The van der Waals surface area contributed by atoms with Crippen LogP contribution in [-0.4, -0.2) is 42.8 Å². The van der Waals surface area contributed by atoms with Gasteiger partial charge in [-0.05, 0) is 41.6 Å². The highest BCUT2D eigenvalue weighted by atomic mass is 32.2. The molecule has 0 aliphatic carbocycles. The molecule has 0 atom stereocenters. The maximum Gasteiger partial charge on any atom is 0.325 e. The fourth-order valence-corrected chi connectivity index (χ4v) is 3.49. The fourth-order valence-electron chi connectivity index (χ4n) is 2.65. The molecule has 9 heteroatoms. The minimum Gasteiger partial charge on any atom is -0.493 e. The lowest BCUT2D eigenvalue weighted by Gasteiger charge is -2.12. The molecule has 2 aromatic rings. The molecule has 0 radical (unpaired) electrons. The van der Waals surface area contributed by atoms with Crippen LogP contribution in [-0.2, 0) is 20.9 Å². The number of nitrogens with zero attached hydrogens (tertiary/aromatic N) is 1. The monoisotopic (exact) mass is 431 g/mol. The standard InChI is InChI=1S/C21H18FNO6S/c1-27-16-8-7-13(9-17(16)29-12-14-5-3-4-6-15(14)22)10-18-20(25)23(21(26)30-18)11-19(24)28-2/h3-10H,11-12H2,1-2H3/b18-10-. The van der Waals surface area contributed by atoms with E-state index in [9.17, 15) is 18.8 Å². The lowest BCUT2D eigenvalue weighted by atomic mass is 10.1. The summed E-state index contributed by atoms with van der Waals surface area (Å²) in [6.07, 6.45) is 1.51. The molecule has 0 spiro atoms. The third-order valence-electron chi connectivity index (χ3n) is 4.21. The molecule has 0 N–H and O–H groups in total. The average molecular weight is 431 g/mol. The zero-order chi connectivity index (χ0) is 21.7. The van der Waals surface area contributed by atoms with Crippen LogP contribution in [0.15, 0.2) is 47.4 Å². The second-order valence-electron chi connectivity index (χ2n) is 6.13. The Morgan fingerprint density at radius 2 is 1.90 bits per heavy atom. The third-order valence-corrected chi connectivity index (χ3v) is 5.12. The van der Waals surface area contributed by atoms with Crippen molar-refractivity contribution in [3.63, 3.8) is 0 Å². The second kappa shape index (κ2) is 9.45. The summed E-state index contributed by atoms with van der Waals surface area (Å²) >= 11 is 0.726. The lowest BCUT2D eigenvalue weighted by Crippen LogP contribution is -2.34. The van der Waals surface area contributed by atoms with Crippen molar-refractivity contribution >= 4 is 35.0 Å². The van der Waals surface area contributed by atoms with Gasteiger partial charge in [0.25, 0.3) is 11.1 Å². The highest BCUT2D eigenvalue weighted by molar-refractivity contribution is 8.18. The Balaban J connectivity index is 1.81. The molecule has 2 amide bonds.